The Morgan fingerprint density at radius 2 is 0.364 bits per heavy atom. The zero-order valence-electron chi connectivity index (χ0n) is 15.0. The van der Waals surface area contributed by atoms with Gasteiger partial charge in [-0.3, -0.25) is 0 Å². The molecule has 4 nitrogen and oxygen atoms in total. The van der Waals surface area contributed by atoms with Gasteiger partial charge in [0.15, 0.2) is 0 Å². The van der Waals surface area contributed by atoms with Crippen LogP contribution in [0.15, 0.2) is 0 Å². The second kappa shape index (κ2) is 25.8. The van der Waals surface area contributed by atoms with Gasteiger partial charge in [0.05, 0.1) is 0 Å². The Morgan fingerprint density at radius 3 is 0.500 bits per heavy atom. The molecule has 0 spiro atoms. The summed E-state index contributed by atoms with van der Waals surface area (Å²) in [6, 6.07) is 0. The minimum absolute atomic E-state index is 0.824. The molecule has 0 aromatic heterocycles. The van der Waals surface area contributed by atoms with E-state index in [0.29, 0.717) is 0 Å². The Morgan fingerprint density at radius 1 is 0.227 bits per heavy atom. The minimum atomic E-state index is 0.824. The third kappa shape index (κ3) is 28.1. The van der Waals surface area contributed by atoms with Gasteiger partial charge in [0, 0.05) is 0 Å². The summed E-state index contributed by atoms with van der Waals surface area (Å²) < 4.78 is 0. The van der Waals surface area contributed by atoms with Crippen molar-refractivity contribution in [2.45, 2.75) is 89.9 Å². The van der Waals surface area contributed by atoms with Crippen LogP contribution in [0.1, 0.15) is 89.9 Å². The van der Waals surface area contributed by atoms with Gasteiger partial charge in [0.25, 0.3) is 0 Å². The molecule has 22 heavy (non-hydrogen) atoms. The molecule has 0 fully saturated rings. The average Bonchev–Trinajstić information content (AvgIpc) is 2.54. The molecule has 0 heterocycles. The van der Waals surface area contributed by atoms with Crippen molar-refractivity contribution in [3.63, 3.8) is 0 Å². The summed E-state index contributed by atoms with van der Waals surface area (Å²) in [7, 11) is 0. The van der Waals surface area contributed by atoms with Crippen LogP contribution in [0.5, 0.6) is 0 Å². The van der Waals surface area contributed by atoms with E-state index in [1.807, 2.05) is 0 Å². The largest absolute Gasteiger partial charge is 0.330 e. The number of hydrogen-bond donors (Lipinski definition) is 4. The Labute approximate surface area is 139 Å². The number of hydrogen-bond acceptors (Lipinski definition) is 4. The first-order valence-corrected chi connectivity index (χ1v) is 9.63. The van der Waals surface area contributed by atoms with Crippen LogP contribution in [0.25, 0.3) is 0 Å². The van der Waals surface area contributed by atoms with Crippen LogP contribution in [-0.4, -0.2) is 26.2 Å². The highest BCUT2D eigenvalue weighted by molar-refractivity contribution is 4.48. The highest BCUT2D eigenvalue weighted by atomic mass is 14.5. The predicted molar refractivity (Wildman–Crippen MR) is 101 cm³/mol. The van der Waals surface area contributed by atoms with Gasteiger partial charge < -0.3 is 22.9 Å². The maximum Gasteiger partial charge on any atom is -0.00773 e. The van der Waals surface area contributed by atoms with Crippen molar-refractivity contribution in [3.05, 3.63) is 0 Å². The van der Waals surface area contributed by atoms with Crippen molar-refractivity contribution in [2.75, 3.05) is 26.2 Å². The Bertz CT molecular complexity index is 147. The summed E-state index contributed by atoms with van der Waals surface area (Å²) in [5, 5.41) is 0. The molecule has 0 aliphatic carbocycles. The Balaban J connectivity index is 0. The van der Waals surface area contributed by atoms with E-state index >= 15 is 0 Å². The van der Waals surface area contributed by atoms with Crippen LogP contribution in [0.2, 0.25) is 0 Å². The zero-order valence-corrected chi connectivity index (χ0v) is 15.0. The molecule has 0 amide bonds. The van der Waals surface area contributed by atoms with Gasteiger partial charge in [0.2, 0.25) is 0 Å². The molecule has 4 heteroatoms. The van der Waals surface area contributed by atoms with Crippen LogP contribution in [0.4, 0.5) is 0 Å². The topological polar surface area (TPSA) is 104 Å². The SMILES string of the molecule is NCCCCCCCCCCCCN.NCCCCCCN. The molecule has 136 valence electrons. The molecule has 0 unspecified atom stereocenters. The number of rotatable bonds is 16. The Hall–Kier alpha value is -0.160. The normalized spacial score (nSPS) is 10.4. The van der Waals surface area contributed by atoms with E-state index in [9.17, 15) is 0 Å². The van der Waals surface area contributed by atoms with Crippen LogP contribution < -0.4 is 22.9 Å². The molecule has 0 aliphatic heterocycles. The van der Waals surface area contributed by atoms with Crippen LogP contribution in [-0.2, 0) is 0 Å². The lowest BCUT2D eigenvalue weighted by Gasteiger charge is -2.01. The lowest BCUT2D eigenvalue weighted by atomic mass is 10.1. The minimum Gasteiger partial charge on any atom is -0.330 e. The monoisotopic (exact) mass is 316 g/mol. The van der Waals surface area contributed by atoms with Gasteiger partial charge in [-0.1, -0.05) is 64.2 Å². The molecule has 0 aromatic rings. The van der Waals surface area contributed by atoms with E-state index in [0.717, 1.165) is 39.0 Å². The van der Waals surface area contributed by atoms with Gasteiger partial charge in [-0.2, -0.15) is 0 Å². The second-order valence-corrected chi connectivity index (χ2v) is 6.10. The highest BCUT2D eigenvalue weighted by Crippen LogP contribution is 2.09. The van der Waals surface area contributed by atoms with Gasteiger partial charge in [-0.15, -0.1) is 0 Å². The first-order chi connectivity index (χ1) is 10.8. The lowest BCUT2D eigenvalue weighted by molar-refractivity contribution is 0.554. The molecule has 0 saturated carbocycles. The molecular weight excluding hydrogens is 272 g/mol. The van der Waals surface area contributed by atoms with E-state index < -0.39 is 0 Å². The standard InChI is InChI=1S/C12H28N2.C6H16N2/c13-11-9-7-5-3-1-2-4-6-8-10-12-14;7-5-3-1-2-4-6-8/h1-14H2;1-8H2. The van der Waals surface area contributed by atoms with Crippen LogP contribution in [0, 0.1) is 0 Å². The quantitative estimate of drug-likeness (QED) is 0.328. The van der Waals surface area contributed by atoms with Crippen molar-refractivity contribution in [1.29, 1.82) is 0 Å². The molecule has 0 bridgehead atoms. The first kappa shape index (κ1) is 24.1. The average molecular weight is 317 g/mol. The maximum absolute atomic E-state index is 5.43. The van der Waals surface area contributed by atoms with Crippen LogP contribution in [0.3, 0.4) is 0 Å². The Kier molecular flexibility index (Phi) is 28.2. The summed E-state index contributed by atoms with van der Waals surface area (Å²) in [6.07, 6.45) is 18.2. The molecule has 0 saturated heterocycles. The van der Waals surface area contributed by atoms with Crippen molar-refractivity contribution >= 4 is 0 Å². The first-order valence-electron chi connectivity index (χ1n) is 9.63. The van der Waals surface area contributed by atoms with E-state index in [-0.39, 0.29) is 0 Å². The molecule has 0 radical (unpaired) electrons. The summed E-state index contributed by atoms with van der Waals surface area (Å²) in [5.74, 6) is 0. The maximum atomic E-state index is 5.43. The second-order valence-electron chi connectivity index (χ2n) is 6.10. The summed E-state index contributed by atoms with van der Waals surface area (Å²) >= 11 is 0. The molecule has 0 aliphatic rings. The van der Waals surface area contributed by atoms with Crippen molar-refractivity contribution in [1.82, 2.24) is 0 Å². The highest BCUT2D eigenvalue weighted by Gasteiger charge is 1.91. The van der Waals surface area contributed by atoms with Gasteiger partial charge >= 0.3 is 0 Å². The van der Waals surface area contributed by atoms with Crippen molar-refractivity contribution < 1.29 is 0 Å². The fourth-order valence-corrected chi connectivity index (χ4v) is 2.35. The van der Waals surface area contributed by atoms with Gasteiger partial charge in [-0.25, -0.2) is 0 Å². The summed E-state index contributed by atoms with van der Waals surface area (Å²) in [6.45, 7) is 3.37. The van der Waals surface area contributed by atoms with E-state index in [1.165, 1.54) is 77.0 Å². The number of unbranched alkanes of at least 4 members (excludes halogenated alkanes) is 12. The van der Waals surface area contributed by atoms with Crippen molar-refractivity contribution in [3.8, 4) is 0 Å². The molecule has 0 atom stereocenters. The zero-order chi connectivity index (χ0) is 16.7. The van der Waals surface area contributed by atoms with E-state index in [1.54, 1.807) is 0 Å². The van der Waals surface area contributed by atoms with Crippen molar-refractivity contribution in [2.24, 2.45) is 22.9 Å². The molecule has 0 aromatic carbocycles. The smallest absolute Gasteiger partial charge is 0.00773 e. The predicted octanol–water partition coefficient (Wildman–Crippen LogP) is 3.27. The summed E-state index contributed by atoms with van der Waals surface area (Å²) in [5.41, 5.74) is 21.4. The van der Waals surface area contributed by atoms with Gasteiger partial charge in [0.1, 0.15) is 0 Å². The fourth-order valence-electron chi connectivity index (χ4n) is 2.35. The van der Waals surface area contributed by atoms with E-state index in [4.69, 9.17) is 22.9 Å². The van der Waals surface area contributed by atoms with Crippen LogP contribution >= 0.6 is 0 Å². The molecule has 0 rings (SSSR count). The third-order valence-electron chi connectivity index (χ3n) is 3.82. The van der Waals surface area contributed by atoms with Gasteiger partial charge in [-0.05, 0) is 51.9 Å². The number of nitrogens with two attached hydrogens (primary N) is 4. The summed E-state index contributed by atoms with van der Waals surface area (Å²) in [4.78, 5) is 0. The fraction of sp³-hybridized carbons (Fsp3) is 1.00. The molecular formula is C18H44N4. The molecule has 8 N–H and O–H groups in total. The lowest BCUT2D eigenvalue weighted by Crippen LogP contribution is -2.00. The van der Waals surface area contributed by atoms with E-state index in [2.05, 4.69) is 0 Å². The third-order valence-corrected chi connectivity index (χ3v) is 3.82.